The molecule has 0 radical (unpaired) electrons. The van der Waals surface area contributed by atoms with Gasteiger partial charge in [-0.15, -0.1) is 0 Å². The van der Waals surface area contributed by atoms with Gasteiger partial charge in [0.05, 0.1) is 5.52 Å². The van der Waals surface area contributed by atoms with Gasteiger partial charge in [-0.2, -0.15) is 4.98 Å². The van der Waals surface area contributed by atoms with Gasteiger partial charge in [0.2, 0.25) is 0 Å². The number of nitrogens with zero attached hydrogens (tertiary/aromatic N) is 3. The van der Waals surface area contributed by atoms with E-state index in [1.165, 1.54) is 0 Å². The predicted octanol–water partition coefficient (Wildman–Crippen LogP) is 1.73. The standard InChI is InChI=1S/C14H19ClN4O/c1-16-7-4-8-19-12-9-10(15)5-6-11(12)13(18(2)3)17-14(19)20/h5-6,9,16H,4,7-8H2,1-3H3. The molecule has 0 bridgehead atoms. The largest absolute Gasteiger partial charge is 0.362 e. The lowest BCUT2D eigenvalue weighted by Crippen LogP contribution is -2.27. The number of rotatable bonds is 5. The zero-order valence-electron chi connectivity index (χ0n) is 12.0. The Bertz CT molecular complexity index is 666. The molecule has 1 N–H and O–H groups in total. The maximum absolute atomic E-state index is 12.2. The van der Waals surface area contributed by atoms with E-state index in [1.54, 1.807) is 4.57 Å². The molecule has 0 saturated carbocycles. The molecule has 2 rings (SSSR count). The SMILES string of the molecule is CNCCCn1c(=O)nc(N(C)C)c2ccc(Cl)cc21. The molecular weight excluding hydrogens is 276 g/mol. The average Bonchev–Trinajstić information content (AvgIpc) is 2.40. The van der Waals surface area contributed by atoms with E-state index in [4.69, 9.17) is 11.6 Å². The Hall–Kier alpha value is -1.59. The molecule has 0 aliphatic carbocycles. The molecule has 0 aliphatic heterocycles. The molecule has 1 aromatic heterocycles. The quantitative estimate of drug-likeness (QED) is 0.853. The van der Waals surface area contributed by atoms with E-state index in [0.29, 0.717) is 17.4 Å². The first kappa shape index (κ1) is 14.8. The van der Waals surface area contributed by atoms with E-state index in [2.05, 4.69) is 10.3 Å². The predicted molar refractivity (Wildman–Crippen MR) is 83.9 cm³/mol. The fourth-order valence-corrected chi connectivity index (χ4v) is 2.37. The van der Waals surface area contributed by atoms with Crippen LogP contribution in [-0.2, 0) is 6.54 Å². The van der Waals surface area contributed by atoms with E-state index < -0.39 is 0 Å². The minimum Gasteiger partial charge on any atom is -0.362 e. The highest BCUT2D eigenvalue weighted by molar-refractivity contribution is 6.31. The van der Waals surface area contributed by atoms with Crippen molar-refractivity contribution >= 4 is 28.3 Å². The van der Waals surface area contributed by atoms with E-state index in [1.807, 2.05) is 44.2 Å². The molecule has 0 spiro atoms. The number of anilines is 1. The summed E-state index contributed by atoms with van der Waals surface area (Å²) in [5.74, 6) is 0.673. The Balaban J connectivity index is 2.62. The number of hydrogen-bond donors (Lipinski definition) is 1. The summed E-state index contributed by atoms with van der Waals surface area (Å²) in [5, 5.41) is 4.63. The van der Waals surface area contributed by atoms with Gasteiger partial charge in [0.15, 0.2) is 0 Å². The van der Waals surface area contributed by atoms with Crippen LogP contribution in [0.5, 0.6) is 0 Å². The molecule has 0 aliphatic rings. The minimum absolute atomic E-state index is 0.237. The molecule has 108 valence electrons. The molecular formula is C14H19ClN4O. The van der Waals surface area contributed by atoms with Gasteiger partial charge in [0.1, 0.15) is 5.82 Å². The summed E-state index contributed by atoms with van der Waals surface area (Å²) in [7, 11) is 5.65. The summed E-state index contributed by atoms with van der Waals surface area (Å²) in [4.78, 5) is 18.2. The molecule has 6 heteroatoms. The number of nitrogens with one attached hydrogen (secondary N) is 1. The van der Waals surface area contributed by atoms with Gasteiger partial charge in [-0.1, -0.05) is 11.6 Å². The number of hydrogen-bond acceptors (Lipinski definition) is 4. The normalized spacial score (nSPS) is 11.0. The maximum atomic E-state index is 12.2. The second kappa shape index (κ2) is 6.24. The van der Waals surface area contributed by atoms with Crippen LogP contribution in [-0.4, -0.2) is 37.2 Å². The van der Waals surface area contributed by atoms with Crippen molar-refractivity contribution in [3.63, 3.8) is 0 Å². The average molecular weight is 295 g/mol. The second-order valence-electron chi connectivity index (χ2n) is 4.88. The van der Waals surface area contributed by atoms with E-state index in [0.717, 1.165) is 23.9 Å². The molecule has 5 nitrogen and oxygen atoms in total. The molecule has 0 saturated heterocycles. The third-order valence-electron chi connectivity index (χ3n) is 3.16. The van der Waals surface area contributed by atoms with Crippen molar-refractivity contribution in [2.45, 2.75) is 13.0 Å². The summed E-state index contributed by atoms with van der Waals surface area (Å²) < 4.78 is 1.69. The summed E-state index contributed by atoms with van der Waals surface area (Å²) in [6.45, 7) is 1.47. The molecule has 20 heavy (non-hydrogen) atoms. The maximum Gasteiger partial charge on any atom is 0.350 e. The van der Waals surface area contributed by atoms with Gasteiger partial charge in [-0.25, -0.2) is 4.79 Å². The Labute approximate surface area is 123 Å². The molecule has 2 aromatic rings. The third kappa shape index (κ3) is 2.94. The van der Waals surface area contributed by atoms with Crippen molar-refractivity contribution in [1.29, 1.82) is 0 Å². The first-order valence-electron chi connectivity index (χ1n) is 6.56. The van der Waals surface area contributed by atoms with Gasteiger partial charge in [0.25, 0.3) is 0 Å². The van der Waals surface area contributed by atoms with Crippen LogP contribution in [0.4, 0.5) is 5.82 Å². The van der Waals surface area contributed by atoms with Crippen molar-refractivity contribution in [2.75, 3.05) is 32.6 Å². The Kier molecular flexibility index (Phi) is 4.62. The lowest BCUT2D eigenvalue weighted by molar-refractivity contribution is 0.603. The lowest BCUT2D eigenvalue weighted by atomic mass is 10.2. The zero-order chi connectivity index (χ0) is 14.7. The topological polar surface area (TPSA) is 50.2 Å². The molecule has 0 unspecified atom stereocenters. The highest BCUT2D eigenvalue weighted by atomic mass is 35.5. The summed E-state index contributed by atoms with van der Waals surface area (Å²) in [6, 6.07) is 5.56. The van der Waals surface area contributed by atoms with Crippen molar-refractivity contribution in [3.8, 4) is 0 Å². The highest BCUT2D eigenvalue weighted by Crippen LogP contribution is 2.24. The van der Waals surface area contributed by atoms with Crippen LogP contribution in [0, 0.1) is 0 Å². The molecule has 1 heterocycles. The molecule has 0 amide bonds. The first-order valence-corrected chi connectivity index (χ1v) is 6.94. The summed E-state index contributed by atoms with van der Waals surface area (Å²) >= 11 is 6.07. The van der Waals surface area contributed by atoms with Gasteiger partial charge in [0, 0.05) is 31.0 Å². The smallest absolute Gasteiger partial charge is 0.350 e. The van der Waals surface area contributed by atoms with Crippen molar-refractivity contribution in [3.05, 3.63) is 33.7 Å². The molecule has 1 aromatic carbocycles. The summed E-state index contributed by atoms with van der Waals surface area (Å²) in [5.41, 5.74) is 0.594. The van der Waals surface area contributed by atoms with Crippen LogP contribution in [0.2, 0.25) is 5.02 Å². The third-order valence-corrected chi connectivity index (χ3v) is 3.39. The minimum atomic E-state index is -0.237. The number of fused-ring (bicyclic) bond motifs is 1. The number of benzene rings is 1. The lowest BCUT2D eigenvalue weighted by Gasteiger charge is -2.17. The highest BCUT2D eigenvalue weighted by Gasteiger charge is 2.12. The van der Waals surface area contributed by atoms with E-state index in [9.17, 15) is 4.79 Å². The first-order chi connectivity index (χ1) is 9.54. The van der Waals surface area contributed by atoms with Crippen LogP contribution in [0.15, 0.2) is 23.0 Å². The molecule has 0 fully saturated rings. The van der Waals surface area contributed by atoms with E-state index in [-0.39, 0.29) is 5.69 Å². The number of aryl methyl sites for hydroxylation is 1. The fourth-order valence-electron chi connectivity index (χ4n) is 2.20. The number of aromatic nitrogens is 2. The Morgan fingerprint density at radius 2 is 2.15 bits per heavy atom. The van der Waals surface area contributed by atoms with Gasteiger partial charge in [-0.3, -0.25) is 4.57 Å². The second-order valence-corrected chi connectivity index (χ2v) is 5.32. The summed E-state index contributed by atoms with van der Waals surface area (Å²) in [6.07, 6.45) is 0.862. The molecule has 0 atom stereocenters. The van der Waals surface area contributed by atoms with Crippen LogP contribution < -0.4 is 15.9 Å². The Morgan fingerprint density at radius 3 is 2.80 bits per heavy atom. The van der Waals surface area contributed by atoms with Crippen LogP contribution in [0.3, 0.4) is 0 Å². The monoisotopic (exact) mass is 294 g/mol. The zero-order valence-corrected chi connectivity index (χ0v) is 12.7. The van der Waals surface area contributed by atoms with Gasteiger partial charge >= 0.3 is 5.69 Å². The van der Waals surface area contributed by atoms with Crippen molar-refractivity contribution < 1.29 is 0 Å². The number of halogens is 1. The van der Waals surface area contributed by atoms with Crippen molar-refractivity contribution in [2.24, 2.45) is 0 Å². The van der Waals surface area contributed by atoms with Crippen LogP contribution in [0.1, 0.15) is 6.42 Å². The Morgan fingerprint density at radius 1 is 1.40 bits per heavy atom. The van der Waals surface area contributed by atoms with Crippen LogP contribution in [0.25, 0.3) is 10.9 Å². The van der Waals surface area contributed by atoms with E-state index >= 15 is 0 Å². The van der Waals surface area contributed by atoms with Crippen LogP contribution >= 0.6 is 11.6 Å². The van der Waals surface area contributed by atoms with Gasteiger partial charge in [-0.05, 0) is 38.2 Å². The van der Waals surface area contributed by atoms with Crippen molar-refractivity contribution in [1.82, 2.24) is 14.9 Å². The fraction of sp³-hybridized carbons (Fsp3) is 0.429. The van der Waals surface area contributed by atoms with Gasteiger partial charge < -0.3 is 10.2 Å².